The fraction of sp³-hybridized carbons (Fsp3) is 1.00. The van der Waals surface area contributed by atoms with Crippen LogP contribution in [-0.4, -0.2) is 42.1 Å². The van der Waals surface area contributed by atoms with Crippen LogP contribution in [0.3, 0.4) is 0 Å². The van der Waals surface area contributed by atoms with Crippen LogP contribution in [0.2, 0.25) is 0 Å². The van der Waals surface area contributed by atoms with Crippen molar-refractivity contribution in [1.82, 2.24) is 9.91 Å². The van der Waals surface area contributed by atoms with E-state index in [1.807, 2.05) is 0 Å². The second-order valence-electron chi connectivity index (χ2n) is 4.36. The smallest absolute Gasteiger partial charge is 0.0523 e. The van der Waals surface area contributed by atoms with Crippen LogP contribution in [0.4, 0.5) is 0 Å². The maximum atomic E-state index is 10.3. The lowest BCUT2D eigenvalue weighted by molar-refractivity contribution is 0.0933. The van der Waals surface area contributed by atoms with Gasteiger partial charge >= 0.3 is 0 Å². The van der Waals surface area contributed by atoms with E-state index in [1.165, 1.54) is 32.4 Å². The molecule has 0 bridgehead atoms. The van der Waals surface area contributed by atoms with Crippen LogP contribution in [0, 0.1) is 4.91 Å². The third-order valence-electron chi connectivity index (χ3n) is 3.46. The highest BCUT2D eigenvalue weighted by atomic mass is 16.3. The highest BCUT2D eigenvalue weighted by Gasteiger charge is 2.25. The fourth-order valence-corrected chi connectivity index (χ4v) is 2.58. The first kappa shape index (κ1) is 9.90. The van der Waals surface area contributed by atoms with Crippen LogP contribution in [0.5, 0.6) is 0 Å². The van der Waals surface area contributed by atoms with Crippen molar-refractivity contribution in [1.29, 1.82) is 0 Å². The Balaban J connectivity index is 1.78. The Hall–Kier alpha value is -0.640. The zero-order chi connectivity index (χ0) is 9.80. The van der Waals surface area contributed by atoms with Gasteiger partial charge in [-0.05, 0) is 38.8 Å². The summed E-state index contributed by atoms with van der Waals surface area (Å²) in [5.41, 5.74) is 0. The summed E-state index contributed by atoms with van der Waals surface area (Å²) in [6.45, 7) is 4.23. The number of rotatable bonds is 2. The third kappa shape index (κ3) is 2.23. The van der Waals surface area contributed by atoms with E-state index < -0.39 is 0 Å². The maximum absolute atomic E-state index is 10.3. The van der Waals surface area contributed by atoms with Gasteiger partial charge in [-0.15, -0.1) is 4.91 Å². The Morgan fingerprint density at radius 2 is 1.57 bits per heavy atom. The largest absolute Gasteiger partial charge is 0.300 e. The molecular weight excluding hydrogens is 178 g/mol. The molecule has 0 N–H and O–H groups in total. The standard InChI is InChI=1S/C10H19N3O/c14-11-13-8-4-10(5-9-13)12-6-2-1-3-7-12/h10H,1-9H2. The van der Waals surface area contributed by atoms with E-state index in [0.717, 1.165) is 25.9 Å². The van der Waals surface area contributed by atoms with Gasteiger partial charge in [0.2, 0.25) is 0 Å². The minimum Gasteiger partial charge on any atom is -0.300 e. The van der Waals surface area contributed by atoms with Gasteiger partial charge in [-0.25, -0.2) is 0 Å². The molecule has 2 fully saturated rings. The molecule has 2 aliphatic rings. The van der Waals surface area contributed by atoms with Gasteiger partial charge in [-0.2, -0.15) is 0 Å². The van der Waals surface area contributed by atoms with Crippen molar-refractivity contribution in [3.63, 3.8) is 0 Å². The summed E-state index contributed by atoms with van der Waals surface area (Å²) >= 11 is 0. The molecule has 2 heterocycles. The number of nitroso groups, excluding NO2 is 1. The summed E-state index contributed by atoms with van der Waals surface area (Å²) in [6.07, 6.45) is 6.33. The van der Waals surface area contributed by atoms with E-state index in [-0.39, 0.29) is 0 Å². The molecule has 14 heavy (non-hydrogen) atoms. The van der Waals surface area contributed by atoms with Crippen LogP contribution in [0.15, 0.2) is 5.29 Å². The average molecular weight is 197 g/mol. The topological polar surface area (TPSA) is 35.9 Å². The van der Waals surface area contributed by atoms with Gasteiger partial charge in [-0.1, -0.05) is 6.42 Å². The molecule has 0 aliphatic carbocycles. The molecule has 4 nitrogen and oxygen atoms in total. The van der Waals surface area contributed by atoms with Crippen molar-refractivity contribution < 1.29 is 0 Å². The molecule has 4 heteroatoms. The van der Waals surface area contributed by atoms with Gasteiger partial charge in [0.25, 0.3) is 0 Å². The van der Waals surface area contributed by atoms with Gasteiger partial charge in [0.15, 0.2) is 0 Å². The van der Waals surface area contributed by atoms with E-state index in [2.05, 4.69) is 10.2 Å². The van der Waals surface area contributed by atoms with E-state index in [4.69, 9.17) is 0 Å². The van der Waals surface area contributed by atoms with Crippen molar-refractivity contribution in [2.75, 3.05) is 26.2 Å². The van der Waals surface area contributed by atoms with E-state index in [9.17, 15) is 4.91 Å². The first-order valence-corrected chi connectivity index (χ1v) is 5.72. The van der Waals surface area contributed by atoms with E-state index >= 15 is 0 Å². The SMILES string of the molecule is O=NN1CCC(N2CCCCC2)CC1. The van der Waals surface area contributed by atoms with Crippen LogP contribution in [-0.2, 0) is 0 Å². The lowest BCUT2D eigenvalue weighted by Gasteiger charge is -2.38. The highest BCUT2D eigenvalue weighted by molar-refractivity contribution is 4.80. The molecule has 80 valence electrons. The minimum atomic E-state index is 0.716. The zero-order valence-electron chi connectivity index (χ0n) is 8.69. The summed E-state index contributed by atoms with van der Waals surface area (Å²) < 4.78 is 0. The molecule has 0 aromatic carbocycles. The monoisotopic (exact) mass is 197 g/mol. The summed E-state index contributed by atoms with van der Waals surface area (Å²) in [7, 11) is 0. The molecule has 0 radical (unpaired) electrons. The zero-order valence-corrected chi connectivity index (χ0v) is 8.69. The van der Waals surface area contributed by atoms with Crippen LogP contribution in [0.1, 0.15) is 32.1 Å². The number of nitrogens with zero attached hydrogens (tertiary/aromatic N) is 3. The summed E-state index contributed by atoms with van der Waals surface area (Å²) in [5, 5.41) is 4.65. The van der Waals surface area contributed by atoms with Gasteiger partial charge in [0.05, 0.1) is 5.29 Å². The maximum Gasteiger partial charge on any atom is 0.0523 e. The molecule has 0 unspecified atom stereocenters. The van der Waals surface area contributed by atoms with Gasteiger partial charge < -0.3 is 4.90 Å². The lowest BCUT2D eigenvalue weighted by atomic mass is 10.0. The summed E-state index contributed by atoms with van der Waals surface area (Å²) in [5.74, 6) is 0. The predicted molar refractivity (Wildman–Crippen MR) is 55.8 cm³/mol. The predicted octanol–water partition coefficient (Wildman–Crippen LogP) is 1.62. The number of likely N-dealkylation sites (tertiary alicyclic amines) is 1. The molecule has 2 saturated heterocycles. The Kier molecular flexibility index (Phi) is 3.35. The number of hydrogen-bond acceptors (Lipinski definition) is 3. The molecular formula is C10H19N3O. The van der Waals surface area contributed by atoms with Crippen LogP contribution in [0.25, 0.3) is 0 Å². The lowest BCUT2D eigenvalue weighted by Crippen LogP contribution is -2.45. The van der Waals surface area contributed by atoms with E-state index in [1.54, 1.807) is 5.01 Å². The fourth-order valence-electron chi connectivity index (χ4n) is 2.58. The first-order valence-electron chi connectivity index (χ1n) is 5.72. The van der Waals surface area contributed by atoms with Crippen molar-refractivity contribution >= 4 is 0 Å². The molecule has 0 atom stereocenters. The molecule has 2 rings (SSSR count). The molecule has 0 saturated carbocycles. The second kappa shape index (κ2) is 4.73. The van der Waals surface area contributed by atoms with Crippen LogP contribution < -0.4 is 0 Å². The van der Waals surface area contributed by atoms with Crippen LogP contribution >= 0.6 is 0 Å². The molecule has 0 amide bonds. The minimum absolute atomic E-state index is 0.716. The van der Waals surface area contributed by atoms with Gasteiger partial charge in [0, 0.05) is 19.1 Å². The number of piperidine rings is 2. The molecule has 2 aliphatic heterocycles. The van der Waals surface area contributed by atoms with Crippen molar-refractivity contribution in [3.05, 3.63) is 4.91 Å². The highest BCUT2D eigenvalue weighted by Crippen LogP contribution is 2.20. The average Bonchev–Trinajstić information content (AvgIpc) is 2.30. The van der Waals surface area contributed by atoms with Gasteiger partial charge in [-0.3, -0.25) is 5.01 Å². The van der Waals surface area contributed by atoms with Crippen molar-refractivity contribution in [2.24, 2.45) is 5.29 Å². The molecule has 0 aromatic heterocycles. The Morgan fingerprint density at radius 3 is 2.14 bits per heavy atom. The Bertz CT molecular complexity index is 184. The second-order valence-corrected chi connectivity index (χ2v) is 4.36. The Labute approximate surface area is 85.2 Å². The first-order chi connectivity index (χ1) is 6.90. The summed E-state index contributed by atoms with van der Waals surface area (Å²) in [6, 6.07) is 0.716. The Morgan fingerprint density at radius 1 is 0.929 bits per heavy atom. The van der Waals surface area contributed by atoms with E-state index in [0.29, 0.717) is 6.04 Å². The van der Waals surface area contributed by atoms with Crippen molar-refractivity contribution in [2.45, 2.75) is 38.1 Å². The number of hydrogen-bond donors (Lipinski definition) is 0. The normalized spacial score (nSPS) is 26.4. The molecule has 0 spiro atoms. The van der Waals surface area contributed by atoms with Gasteiger partial charge in [0.1, 0.15) is 0 Å². The molecule has 0 aromatic rings. The quantitative estimate of drug-likeness (QED) is 0.631. The van der Waals surface area contributed by atoms with Crippen molar-refractivity contribution in [3.8, 4) is 0 Å². The summed E-state index contributed by atoms with van der Waals surface area (Å²) in [4.78, 5) is 12.9. The third-order valence-corrected chi connectivity index (χ3v) is 3.46.